The van der Waals surface area contributed by atoms with Crippen molar-refractivity contribution in [1.29, 1.82) is 0 Å². The molecule has 1 aromatic rings. The van der Waals surface area contributed by atoms with Crippen LogP contribution in [0.3, 0.4) is 0 Å². The fraction of sp³-hybridized carbons (Fsp3) is 0.556. The SMILES string of the molecule is CN(C(=O)C(C)(C)C(=O)NCc1ccc2c(c1)OCO2)C1CCS(=O)(=O)C1. The van der Waals surface area contributed by atoms with Crippen LogP contribution in [-0.2, 0) is 26.0 Å². The van der Waals surface area contributed by atoms with Crippen LogP contribution in [0, 0.1) is 5.41 Å². The van der Waals surface area contributed by atoms with Gasteiger partial charge in [0.15, 0.2) is 21.3 Å². The molecule has 0 spiro atoms. The Balaban J connectivity index is 1.61. The molecule has 1 unspecified atom stereocenters. The third-order valence-electron chi connectivity index (χ3n) is 5.07. The number of hydrogen-bond acceptors (Lipinski definition) is 6. The van der Waals surface area contributed by atoms with Crippen LogP contribution in [-0.4, -0.2) is 56.5 Å². The minimum atomic E-state index is -3.11. The highest BCUT2D eigenvalue weighted by Crippen LogP contribution is 2.32. The molecule has 0 radical (unpaired) electrons. The van der Waals surface area contributed by atoms with Gasteiger partial charge in [-0.25, -0.2) is 8.42 Å². The Labute approximate surface area is 158 Å². The van der Waals surface area contributed by atoms with Crippen molar-refractivity contribution in [2.24, 2.45) is 5.41 Å². The van der Waals surface area contributed by atoms with Gasteiger partial charge in [0.1, 0.15) is 5.41 Å². The normalized spacial score (nSPS) is 20.3. The molecule has 2 aliphatic heterocycles. The number of rotatable bonds is 5. The van der Waals surface area contributed by atoms with E-state index in [1.807, 2.05) is 6.07 Å². The topological polar surface area (TPSA) is 102 Å². The summed E-state index contributed by atoms with van der Waals surface area (Å²) in [5.74, 6) is 0.495. The summed E-state index contributed by atoms with van der Waals surface area (Å²) in [5.41, 5.74) is -0.483. The van der Waals surface area contributed by atoms with Crippen molar-refractivity contribution in [2.45, 2.75) is 32.9 Å². The fourth-order valence-corrected chi connectivity index (χ4v) is 5.01. The summed E-state index contributed by atoms with van der Waals surface area (Å²) in [6.45, 7) is 3.51. The summed E-state index contributed by atoms with van der Waals surface area (Å²) in [4.78, 5) is 26.8. The van der Waals surface area contributed by atoms with Crippen LogP contribution >= 0.6 is 0 Å². The molecule has 9 heteroatoms. The molecule has 1 aromatic carbocycles. The quantitative estimate of drug-likeness (QED) is 0.736. The maximum atomic E-state index is 12.8. The number of nitrogens with one attached hydrogen (secondary N) is 1. The Kier molecular flexibility index (Phi) is 5.07. The summed E-state index contributed by atoms with van der Waals surface area (Å²) in [7, 11) is -1.55. The third kappa shape index (κ3) is 4.02. The number of benzene rings is 1. The molecule has 1 saturated heterocycles. The highest BCUT2D eigenvalue weighted by Gasteiger charge is 2.42. The molecule has 27 heavy (non-hydrogen) atoms. The zero-order valence-electron chi connectivity index (χ0n) is 15.6. The Morgan fingerprint density at radius 1 is 1.26 bits per heavy atom. The van der Waals surface area contributed by atoms with Crippen LogP contribution in [0.25, 0.3) is 0 Å². The van der Waals surface area contributed by atoms with Crippen LogP contribution < -0.4 is 14.8 Å². The van der Waals surface area contributed by atoms with Gasteiger partial charge in [-0.2, -0.15) is 0 Å². The fourth-order valence-electron chi connectivity index (χ4n) is 3.24. The molecular formula is C18H24N2O6S. The summed E-state index contributed by atoms with van der Waals surface area (Å²) in [6, 6.07) is 4.99. The van der Waals surface area contributed by atoms with Gasteiger partial charge in [0.05, 0.1) is 11.5 Å². The number of amides is 2. The molecule has 1 atom stereocenters. The van der Waals surface area contributed by atoms with E-state index in [1.165, 1.54) is 4.90 Å². The van der Waals surface area contributed by atoms with Crippen LogP contribution in [0.4, 0.5) is 0 Å². The summed E-state index contributed by atoms with van der Waals surface area (Å²) < 4.78 is 33.9. The van der Waals surface area contributed by atoms with Crippen molar-refractivity contribution in [3.8, 4) is 11.5 Å². The lowest BCUT2D eigenvalue weighted by Gasteiger charge is -2.31. The molecule has 0 aliphatic carbocycles. The van der Waals surface area contributed by atoms with E-state index < -0.39 is 27.1 Å². The number of sulfone groups is 1. The van der Waals surface area contributed by atoms with Crippen molar-refractivity contribution in [3.63, 3.8) is 0 Å². The van der Waals surface area contributed by atoms with E-state index in [9.17, 15) is 18.0 Å². The first kappa shape index (κ1) is 19.5. The highest BCUT2D eigenvalue weighted by molar-refractivity contribution is 7.91. The van der Waals surface area contributed by atoms with Crippen LogP contribution in [0.5, 0.6) is 11.5 Å². The molecular weight excluding hydrogens is 372 g/mol. The first-order chi connectivity index (χ1) is 12.6. The summed E-state index contributed by atoms with van der Waals surface area (Å²) in [6.07, 6.45) is 0.402. The molecule has 0 saturated carbocycles. The number of hydrogen-bond donors (Lipinski definition) is 1. The van der Waals surface area contributed by atoms with Gasteiger partial charge in [-0.1, -0.05) is 6.07 Å². The molecule has 0 bridgehead atoms. The van der Waals surface area contributed by atoms with E-state index >= 15 is 0 Å². The largest absolute Gasteiger partial charge is 0.454 e. The maximum Gasteiger partial charge on any atom is 0.237 e. The maximum absolute atomic E-state index is 12.8. The van der Waals surface area contributed by atoms with Gasteiger partial charge in [-0.3, -0.25) is 9.59 Å². The van der Waals surface area contributed by atoms with Crippen LogP contribution in [0.2, 0.25) is 0 Å². The van der Waals surface area contributed by atoms with Crippen LogP contribution in [0.1, 0.15) is 25.8 Å². The first-order valence-corrected chi connectivity index (χ1v) is 10.6. The predicted molar refractivity (Wildman–Crippen MR) is 98.0 cm³/mol. The van der Waals surface area contributed by atoms with E-state index in [4.69, 9.17) is 9.47 Å². The van der Waals surface area contributed by atoms with Gasteiger partial charge in [0, 0.05) is 19.6 Å². The van der Waals surface area contributed by atoms with Crippen molar-refractivity contribution in [2.75, 3.05) is 25.3 Å². The number of nitrogens with zero attached hydrogens (tertiary/aromatic N) is 1. The summed E-state index contributed by atoms with van der Waals surface area (Å²) in [5, 5.41) is 2.77. The molecule has 8 nitrogen and oxygen atoms in total. The third-order valence-corrected chi connectivity index (χ3v) is 6.82. The van der Waals surface area contributed by atoms with Crippen molar-refractivity contribution in [1.82, 2.24) is 10.2 Å². The molecule has 148 valence electrons. The number of carbonyl (C=O) groups is 2. The smallest absolute Gasteiger partial charge is 0.237 e. The van der Waals surface area contributed by atoms with E-state index in [0.717, 1.165) is 5.56 Å². The zero-order chi connectivity index (χ0) is 19.8. The standard InChI is InChI=1S/C18H24N2O6S/c1-18(2,17(22)20(3)13-6-7-27(23,24)10-13)16(21)19-9-12-4-5-14-15(8-12)26-11-25-14/h4-5,8,13H,6-7,9-11H2,1-3H3,(H,19,21). The summed E-state index contributed by atoms with van der Waals surface area (Å²) >= 11 is 0. The van der Waals surface area contributed by atoms with Gasteiger partial charge in [0.2, 0.25) is 18.6 Å². The van der Waals surface area contributed by atoms with Crippen molar-refractivity contribution < 1.29 is 27.5 Å². The monoisotopic (exact) mass is 396 g/mol. The minimum absolute atomic E-state index is 0.0515. The molecule has 1 fully saturated rings. The van der Waals surface area contributed by atoms with E-state index in [-0.39, 0.29) is 30.9 Å². The van der Waals surface area contributed by atoms with Crippen molar-refractivity contribution >= 4 is 21.7 Å². The Hall–Kier alpha value is -2.29. The van der Waals surface area contributed by atoms with Gasteiger partial charge in [-0.15, -0.1) is 0 Å². The Bertz CT molecular complexity index is 865. The van der Waals surface area contributed by atoms with Crippen LogP contribution in [0.15, 0.2) is 18.2 Å². The van der Waals surface area contributed by atoms with E-state index in [1.54, 1.807) is 33.0 Å². The van der Waals surface area contributed by atoms with Crippen molar-refractivity contribution in [3.05, 3.63) is 23.8 Å². The van der Waals surface area contributed by atoms with Gasteiger partial charge in [0.25, 0.3) is 0 Å². The molecule has 3 rings (SSSR count). The second-order valence-corrected chi connectivity index (χ2v) is 9.70. The highest BCUT2D eigenvalue weighted by atomic mass is 32.2. The number of fused-ring (bicyclic) bond motifs is 1. The second-order valence-electron chi connectivity index (χ2n) is 7.47. The first-order valence-electron chi connectivity index (χ1n) is 8.75. The lowest BCUT2D eigenvalue weighted by molar-refractivity contribution is -0.148. The van der Waals surface area contributed by atoms with Gasteiger partial charge < -0.3 is 19.7 Å². The lowest BCUT2D eigenvalue weighted by Crippen LogP contribution is -2.51. The number of carbonyl (C=O) groups excluding carboxylic acids is 2. The molecule has 2 amide bonds. The predicted octanol–water partition coefficient (Wildman–Crippen LogP) is 0.703. The molecule has 2 heterocycles. The molecule has 1 N–H and O–H groups in total. The van der Waals surface area contributed by atoms with Gasteiger partial charge in [-0.05, 0) is 38.0 Å². The molecule has 2 aliphatic rings. The molecule has 0 aromatic heterocycles. The van der Waals surface area contributed by atoms with Gasteiger partial charge >= 0.3 is 0 Å². The van der Waals surface area contributed by atoms with E-state index in [0.29, 0.717) is 17.9 Å². The Morgan fingerprint density at radius 3 is 2.63 bits per heavy atom. The average molecular weight is 396 g/mol. The minimum Gasteiger partial charge on any atom is -0.454 e. The Morgan fingerprint density at radius 2 is 1.96 bits per heavy atom. The lowest BCUT2D eigenvalue weighted by atomic mass is 9.89. The second kappa shape index (κ2) is 7.03. The number of ether oxygens (including phenoxy) is 2. The average Bonchev–Trinajstić information content (AvgIpc) is 3.23. The van der Waals surface area contributed by atoms with E-state index in [2.05, 4.69) is 5.32 Å². The zero-order valence-corrected chi connectivity index (χ0v) is 16.5.